The summed E-state index contributed by atoms with van der Waals surface area (Å²) in [5.74, 6) is 0.650. The molecule has 188 valence electrons. The summed E-state index contributed by atoms with van der Waals surface area (Å²) < 4.78 is 25.0. The van der Waals surface area contributed by atoms with Gasteiger partial charge in [0.2, 0.25) is 0 Å². The molecule has 3 heterocycles. The largest absolute Gasteiger partial charge is 0.504 e. The van der Waals surface area contributed by atoms with Gasteiger partial charge in [0.05, 0.1) is 25.9 Å². The molecule has 2 saturated heterocycles. The van der Waals surface area contributed by atoms with Crippen molar-refractivity contribution in [2.75, 3.05) is 26.3 Å². The molecule has 1 N–H and O–H groups in total. The van der Waals surface area contributed by atoms with E-state index in [1.807, 2.05) is 32.9 Å². The van der Waals surface area contributed by atoms with E-state index in [9.17, 15) is 9.90 Å². The number of rotatable bonds is 3. The molecule has 0 bridgehead atoms. The summed E-state index contributed by atoms with van der Waals surface area (Å²) in [5.41, 5.74) is 0.404. The van der Waals surface area contributed by atoms with Crippen LogP contribution in [0.4, 0.5) is 4.79 Å². The number of hydrogen-bond acceptors (Lipinski definition) is 6. The van der Waals surface area contributed by atoms with E-state index < -0.39 is 16.8 Å². The number of amides is 1. The summed E-state index contributed by atoms with van der Waals surface area (Å²) in [6, 6.07) is 5.45. The number of carbonyl (C=O) groups is 1. The Morgan fingerprint density at radius 2 is 2.09 bits per heavy atom. The fourth-order valence-corrected chi connectivity index (χ4v) is 5.38. The Balaban J connectivity index is 1.61. The second kappa shape index (κ2) is 9.08. The van der Waals surface area contributed by atoms with Crippen molar-refractivity contribution in [1.82, 2.24) is 4.90 Å². The summed E-state index contributed by atoms with van der Waals surface area (Å²) in [7, 11) is 0. The van der Waals surface area contributed by atoms with E-state index in [4.69, 9.17) is 18.9 Å². The molecular formula is C27H39NO6. The monoisotopic (exact) mass is 473 g/mol. The minimum atomic E-state index is -0.619. The van der Waals surface area contributed by atoms with E-state index in [-0.39, 0.29) is 23.9 Å². The van der Waals surface area contributed by atoms with Crippen LogP contribution in [-0.4, -0.2) is 59.2 Å². The second-order valence-electron chi connectivity index (χ2n) is 11.4. The second-order valence-corrected chi connectivity index (χ2v) is 11.4. The smallest absolute Gasteiger partial charge is 0.410 e. The first-order valence-corrected chi connectivity index (χ1v) is 12.3. The highest BCUT2D eigenvalue weighted by Crippen LogP contribution is 2.55. The Morgan fingerprint density at radius 1 is 1.32 bits per heavy atom. The number of carbonyl (C=O) groups excluding carboxylic acids is 1. The zero-order chi connectivity index (χ0) is 24.7. The number of para-hydroxylation sites is 1. The average molecular weight is 474 g/mol. The van der Waals surface area contributed by atoms with Gasteiger partial charge in [-0.3, -0.25) is 0 Å². The molecular weight excluding hydrogens is 434 g/mol. The topological polar surface area (TPSA) is 77.5 Å². The van der Waals surface area contributed by atoms with Crippen molar-refractivity contribution in [2.45, 2.75) is 83.7 Å². The molecule has 0 radical (unpaired) electrons. The van der Waals surface area contributed by atoms with Crippen LogP contribution in [-0.2, 0) is 14.2 Å². The Bertz CT molecular complexity index is 949. The van der Waals surface area contributed by atoms with Gasteiger partial charge in [-0.1, -0.05) is 23.8 Å². The minimum absolute atomic E-state index is 0.000279. The third-order valence-corrected chi connectivity index (χ3v) is 7.03. The van der Waals surface area contributed by atoms with Gasteiger partial charge in [-0.15, -0.1) is 0 Å². The number of fused-ring (bicyclic) bond motifs is 3. The molecule has 1 amide bonds. The van der Waals surface area contributed by atoms with Gasteiger partial charge in [-0.2, -0.15) is 0 Å². The number of aromatic hydroxyl groups is 1. The van der Waals surface area contributed by atoms with Gasteiger partial charge in [0.15, 0.2) is 11.5 Å². The normalized spacial score (nSPS) is 30.7. The zero-order valence-corrected chi connectivity index (χ0v) is 21.3. The van der Waals surface area contributed by atoms with Crippen LogP contribution in [0.3, 0.4) is 0 Å². The van der Waals surface area contributed by atoms with Crippen LogP contribution in [0.1, 0.15) is 72.5 Å². The first-order chi connectivity index (χ1) is 15.9. The Kier molecular flexibility index (Phi) is 6.64. The maximum atomic E-state index is 12.8. The lowest BCUT2D eigenvalue weighted by molar-refractivity contribution is -0.231. The summed E-state index contributed by atoms with van der Waals surface area (Å²) in [6.07, 6.45) is 4.02. The van der Waals surface area contributed by atoms with Crippen molar-refractivity contribution in [3.05, 3.63) is 35.4 Å². The third-order valence-electron chi connectivity index (χ3n) is 7.03. The number of phenolic OH excluding ortho intramolecular Hbond substituents is 1. The summed E-state index contributed by atoms with van der Waals surface area (Å²) in [6.45, 7) is 13.6. The van der Waals surface area contributed by atoms with E-state index >= 15 is 0 Å². The van der Waals surface area contributed by atoms with Crippen LogP contribution in [0, 0.1) is 5.92 Å². The fraction of sp³-hybridized carbons (Fsp3) is 0.667. The van der Waals surface area contributed by atoms with Gasteiger partial charge in [0.25, 0.3) is 0 Å². The number of allylic oxidation sites excluding steroid dienone is 2. The molecule has 3 aliphatic heterocycles. The van der Waals surface area contributed by atoms with Crippen LogP contribution < -0.4 is 4.74 Å². The molecule has 34 heavy (non-hydrogen) atoms. The predicted octanol–water partition coefficient (Wildman–Crippen LogP) is 5.37. The van der Waals surface area contributed by atoms with Gasteiger partial charge in [0, 0.05) is 18.0 Å². The maximum Gasteiger partial charge on any atom is 0.410 e. The van der Waals surface area contributed by atoms with Gasteiger partial charge in [-0.25, -0.2) is 4.79 Å². The molecule has 1 spiro atoms. The molecule has 0 aliphatic carbocycles. The first kappa shape index (κ1) is 24.9. The number of morpholine rings is 1. The van der Waals surface area contributed by atoms with E-state index in [0.717, 1.165) is 18.4 Å². The Hall–Kier alpha value is -2.25. The molecule has 0 saturated carbocycles. The minimum Gasteiger partial charge on any atom is -0.504 e. The third kappa shape index (κ3) is 5.05. The van der Waals surface area contributed by atoms with Crippen molar-refractivity contribution in [3.63, 3.8) is 0 Å². The SMILES string of the molecule is CC(C)=CCC[C@]1(C)Oc2c(O)cccc2[C@H]2OC[C@@]3(C[C@@H]21)CN(C(=O)OC(C)(C)C)CCO3. The molecule has 1 aromatic carbocycles. The lowest BCUT2D eigenvalue weighted by Crippen LogP contribution is -2.63. The van der Waals surface area contributed by atoms with Gasteiger partial charge in [0.1, 0.15) is 16.8 Å². The molecule has 0 aromatic heterocycles. The molecule has 0 unspecified atom stereocenters. The van der Waals surface area contributed by atoms with Crippen molar-refractivity contribution < 1.29 is 28.8 Å². The standard InChI is InChI=1S/C27H39NO6/c1-18(2)9-8-12-26(6)20-15-27(16-28(13-14-32-27)24(30)34-25(3,4)5)17-31-22(20)19-10-7-11-21(29)23(19)33-26/h7,9-11,20,22,29H,8,12-17H2,1-6H3/t20-,22+,26-,27+/m0/s1. The summed E-state index contributed by atoms with van der Waals surface area (Å²) in [4.78, 5) is 14.5. The quantitative estimate of drug-likeness (QED) is 0.595. The van der Waals surface area contributed by atoms with E-state index in [1.165, 1.54) is 5.57 Å². The molecule has 4 atom stereocenters. The molecule has 7 nitrogen and oxygen atoms in total. The van der Waals surface area contributed by atoms with E-state index in [1.54, 1.807) is 11.0 Å². The summed E-state index contributed by atoms with van der Waals surface area (Å²) in [5, 5.41) is 10.5. The summed E-state index contributed by atoms with van der Waals surface area (Å²) >= 11 is 0. The maximum absolute atomic E-state index is 12.8. The fourth-order valence-electron chi connectivity index (χ4n) is 5.38. The lowest BCUT2D eigenvalue weighted by atomic mass is 9.69. The number of ether oxygens (including phenoxy) is 4. The number of phenols is 1. The van der Waals surface area contributed by atoms with Gasteiger partial charge >= 0.3 is 6.09 Å². The van der Waals surface area contributed by atoms with Crippen molar-refractivity contribution >= 4 is 6.09 Å². The molecule has 2 fully saturated rings. The van der Waals surface area contributed by atoms with Crippen LogP contribution in [0.2, 0.25) is 0 Å². The van der Waals surface area contributed by atoms with Crippen molar-refractivity contribution in [3.8, 4) is 11.5 Å². The number of benzene rings is 1. The van der Waals surface area contributed by atoms with Gasteiger partial charge in [-0.05, 0) is 66.9 Å². The van der Waals surface area contributed by atoms with E-state index in [0.29, 0.717) is 38.5 Å². The predicted molar refractivity (Wildman–Crippen MR) is 129 cm³/mol. The van der Waals surface area contributed by atoms with Crippen LogP contribution in [0.15, 0.2) is 29.8 Å². The number of nitrogens with zero attached hydrogens (tertiary/aromatic N) is 1. The van der Waals surface area contributed by atoms with Crippen LogP contribution in [0.5, 0.6) is 11.5 Å². The molecule has 1 aromatic rings. The number of hydrogen-bond donors (Lipinski definition) is 1. The Morgan fingerprint density at radius 3 is 2.79 bits per heavy atom. The Labute approximate surface area is 203 Å². The van der Waals surface area contributed by atoms with Crippen LogP contribution in [0.25, 0.3) is 0 Å². The van der Waals surface area contributed by atoms with Crippen molar-refractivity contribution in [2.24, 2.45) is 5.92 Å². The molecule has 3 aliphatic rings. The van der Waals surface area contributed by atoms with Gasteiger partial charge < -0.3 is 29.0 Å². The molecule has 4 rings (SSSR count). The van der Waals surface area contributed by atoms with E-state index in [2.05, 4.69) is 26.8 Å². The highest BCUT2D eigenvalue weighted by atomic mass is 16.6. The highest BCUT2D eigenvalue weighted by Gasteiger charge is 2.56. The van der Waals surface area contributed by atoms with Crippen LogP contribution >= 0.6 is 0 Å². The lowest BCUT2D eigenvalue weighted by Gasteiger charge is -2.55. The average Bonchev–Trinajstić information content (AvgIpc) is 2.74. The first-order valence-electron chi connectivity index (χ1n) is 12.3. The zero-order valence-electron chi connectivity index (χ0n) is 21.3. The molecule has 7 heteroatoms. The van der Waals surface area contributed by atoms with Crippen molar-refractivity contribution in [1.29, 1.82) is 0 Å². The highest BCUT2D eigenvalue weighted by molar-refractivity contribution is 5.68.